The van der Waals surface area contributed by atoms with Crippen LogP contribution in [0.1, 0.15) is 26.5 Å². The molecular weight excluding hydrogens is 455 g/mol. The van der Waals surface area contributed by atoms with E-state index in [1.807, 2.05) is 42.5 Å². The Hall–Kier alpha value is -3.12. The van der Waals surface area contributed by atoms with Crippen LogP contribution in [0.5, 0.6) is 0 Å². The van der Waals surface area contributed by atoms with Crippen molar-refractivity contribution < 1.29 is 18.4 Å². The highest BCUT2D eigenvalue weighted by molar-refractivity contribution is 7.22. The van der Waals surface area contributed by atoms with Crippen molar-refractivity contribution in [3.63, 3.8) is 0 Å². The second-order valence-corrected chi connectivity index (χ2v) is 9.06. The SMILES string of the molecule is O=C1C(=Cc2cc3sc(-c4cc5ccccc5o4)cc3o2)C(=O)c2cc(Cl)c(Cl)cc21. The van der Waals surface area contributed by atoms with Crippen molar-refractivity contribution in [2.24, 2.45) is 0 Å². The summed E-state index contributed by atoms with van der Waals surface area (Å²) in [5.41, 5.74) is 2.03. The van der Waals surface area contributed by atoms with E-state index in [0.29, 0.717) is 11.3 Å². The molecule has 0 fully saturated rings. The summed E-state index contributed by atoms with van der Waals surface area (Å²) in [4.78, 5) is 26.4. The van der Waals surface area contributed by atoms with Crippen molar-refractivity contribution in [2.45, 2.75) is 0 Å². The van der Waals surface area contributed by atoms with Crippen molar-refractivity contribution in [1.29, 1.82) is 0 Å². The molecule has 5 aromatic rings. The van der Waals surface area contributed by atoms with E-state index in [0.717, 1.165) is 26.3 Å². The van der Waals surface area contributed by atoms with E-state index in [1.165, 1.54) is 29.5 Å². The smallest absolute Gasteiger partial charge is 0.197 e. The minimum absolute atomic E-state index is 0.0345. The van der Waals surface area contributed by atoms with E-state index in [9.17, 15) is 9.59 Å². The van der Waals surface area contributed by atoms with Crippen LogP contribution in [0.15, 0.2) is 69.0 Å². The Kier molecular flexibility index (Phi) is 4.02. The fourth-order valence-electron chi connectivity index (χ4n) is 3.74. The number of para-hydroxylation sites is 1. The molecule has 7 heteroatoms. The maximum absolute atomic E-state index is 12.7. The summed E-state index contributed by atoms with van der Waals surface area (Å²) in [6.45, 7) is 0. The van der Waals surface area contributed by atoms with Gasteiger partial charge in [-0.05, 0) is 30.3 Å². The quantitative estimate of drug-likeness (QED) is 0.198. The first kappa shape index (κ1) is 18.6. The number of ketones is 2. The van der Waals surface area contributed by atoms with Crippen LogP contribution in [0.4, 0.5) is 0 Å². The molecule has 150 valence electrons. The zero-order chi connectivity index (χ0) is 21.3. The largest absolute Gasteiger partial charge is 0.456 e. The molecule has 0 unspecified atom stereocenters. The molecule has 2 aromatic carbocycles. The van der Waals surface area contributed by atoms with Crippen LogP contribution in [-0.2, 0) is 0 Å². The molecule has 0 radical (unpaired) electrons. The summed E-state index contributed by atoms with van der Waals surface area (Å²) in [5, 5.41) is 1.50. The van der Waals surface area contributed by atoms with Gasteiger partial charge in [0.2, 0.25) is 0 Å². The van der Waals surface area contributed by atoms with E-state index in [2.05, 4.69) is 0 Å². The van der Waals surface area contributed by atoms with Gasteiger partial charge in [-0.15, -0.1) is 11.3 Å². The van der Waals surface area contributed by atoms with E-state index >= 15 is 0 Å². The standard InChI is InChI=1S/C24H10Cl2O4S/c25-16-8-13-14(9-17(16)26)24(28)15(23(13)27)6-12-7-21-20(29-12)10-22(31-21)19-5-11-3-1-2-4-18(11)30-19/h1-10H. The monoisotopic (exact) mass is 464 g/mol. The third-order valence-corrected chi connectivity index (χ3v) is 7.02. The molecule has 3 aromatic heterocycles. The van der Waals surface area contributed by atoms with Gasteiger partial charge in [-0.3, -0.25) is 9.59 Å². The lowest BCUT2D eigenvalue weighted by atomic mass is 10.1. The van der Waals surface area contributed by atoms with Gasteiger partial charge in [0.1, 0.15) is 22.7 Å². The third kappa shape index (κ3) is 2.89. The number of thiophene rings is 1. The van der Waals surface area contributed by atoms with Gasteiger partial charge in [-0.25, -0.2) is 0 Å². The minimum atomic E-state index is -0.388. The van der Waals surface area contributed by atoms with Crippen molar-refractivity contribution in [2.75, 3.05) is 0 Å². The molecular formula is C24H10Cl2O4S. The first-order valence-electron chi connectivity index (χ1n) is 9.30. The number of rotatable bonds is 2. The number of furan rings is 2. The summed E-state index contributed by atoms with van der Waals surface area (Å²) < 4.78 is 12.7. The number of benzene rings is 2. The van der Waals surface area contributed by atoms with Gasteiger partial charge in [0, 0.05) is 28.6 Å². The Bertz CT molecular complexity index is 1490. The number of allylic oxidation sites excluding steroid dienone is 1. The molecule has 4 nitrogen and oxygen atoms in total. The molecule has 3 heterocycles. The van der Waals surface area contributed by atoms with Gasteiger partial charge in [-0.2, -0.15) is 0 Å². The van der Waals surface area contributed by atoms with Gasteiger partial charge in [0.05, 0.1) is 25.2 Å². The zero-order valence-corrected chi connectivity index (χ0v) is 17.9. The number of hydrogen-bond acceptors (Lipinski definition) is 5. The van der Waals surface area contributed by atoms with E-state index in [4.69, 9.17) is 32.0 Å². The molecule has 1 aliphatic carbocycles. The number of Topliss-reactive ketones (excluding diaryl/α,β-unsaturated/α-hetero) is 2. The Balaban J connectivity index is 1.37. The molecule has 6 rings (SSSR count). The van der Waals surface area contributed by atoms with Crippen LogP contribution in [0.3, 0.4) is 0 Å². The topological polar surface area (TPSA) is 60.4 Å². The average molecular weight is 465 g/mol. The highest BCUT2D eigenvalue weighted by Gasteiger charge is 2.34. The Morgan fingerprint density at radius 1 is 0.806 bits per heavy atom. The summed E-state index contributed by atoms with van der Waals surface area (Å²) in [6, 6.07) is 16.4. The fourth-order valence-corrected chi connectivity index (χ4v) is 5.05. The van der Waals surface area contributed by atoms with E-state index in [-0.39, 0.29) is 38.3 Å². The molecule has 0 aliphatic heterocycles. The number of halogens is 2. The highest BCUT2D eigenvalue weighted by atomic mass is 35.5. The Morgan fingerprint density at radius 2 is 1.52 bits per heavy atom. The van der Waals surface area contributed by atoms with E-state index < -0.39 is 0 Å². The molecule has 0 saturated heterocycles. The molecule has 1 aliphatic rings. The molecule has 0 spiro atoms. The maximum atomic E-state index is 12.7. The van der Waals surface area contributed by atoms with Crippen LogP contribution < -0.4 is 0 Å². The van der Waals surface area contributed by atoms with Crippen LogP contribution in [0, 0.1) is 0 Å². The molecule has 0 bridgehead atoms. The van der Waals surface area contributed by atoms with E-state index in [1.54, 1.807) is 0 Å². The summed E-state index contributed by atoms with van der Waals surface area (Å²) in [6.07, 6.45) is 1.47. The van der Waals surface area contributed by atoms with Crippen LogP contribution in [0.2, 0.25) is 10.0 Å². The fraction of sp³-hybridized carbons (Fsp3) is 0. The predicted molar refractivity (Wildman–Crippen MR) is 122 cm³/mol. The van der Waals surface area contributed by atoms with Gasteiger partial charge >= 0.3 is 0 Å². The molecule has 0 saturated carbocycles. The predicted octanol–water partition coefficient (Wildman–Crippen LogP) is 7.68. The van der Waals surface area contributed by atoms with Gasteiger partial charge in [0.15, 0.2) is 11.6 Å². The van der Waals surface area contributed by atoms with Crippen molar-refractivity contribution in [1.82, 2.24) is 0 Å². The normalized spacial score (nSPS) is 13.5. The van der Waals surface area contributed by atoms with Gasteiger partial charge in [-0.1, -0.05) is 41.4 Å². The minimum Gasteiger partial charge on any atom is -0.456 e. The zero-order valence-electron chi connectivity index (χ0n) is 15.6. The molecule has 31 heavy (non-hydrogen) atoms. The lowest BCUT2D eigenvalue weighted by molar-refractivity contribution is 0.0990. The highest BCUT2D eigenvalue weighted by Crippen LogP contribution is 2.39. The number of carbonyl (C=O) groups is 2. The van der Waals surface area contributed by atoms with Crippen LogP contribution >= 0.6 is 34.5 Å². The molecule has 0 amide bonds. The molecule has 0 atom stereocenters. The van der Waals surface area contributed by atoms with Crippen molar-refractivity contribution >= 4 is 73.4 Å². The second-order valence-electron chi connectivity index (χ2n) is 7.16. The first-order valence-corrected chi connectivity index (χ1v) is 10.9. The maximum Gasteiger partial charge on any atom is 0.197 e. The van der Waals surface area contributed by atoms with Crippen molar-refractivity contribution in [3.8, 4) is 10.6 Å². The Labute approximate surface area is 189 Å². The number of hydrogen-bond donors (Lipinski definition) is 0. The lowest BCUT2D eigenvalue weighted by Gasteiger charge is -1.98. The average Bonchev–Trinajstić information content (AvgIpc) is 3.48. The third-order valence-electron chi connectivity index (χ3n) is 5.22. The first-order chi connectivity index (χ1) is 15.0. The van der Waals surface area contributed by atoms with Gasteiger partial charge < -0.3 is 8.83 Å². The number of carbonyl (C=O) groups excluding carboxylic acids is 2. The van der Waals surface area contributed by atoms with Crippen LogP contribution in [0.25, 0.3) is 38.0 Å². The Morgan fingerprint density at radius 3 is 2.19 bits per heavy atom. The molecule has 0 N–H and O–H groups in total. The number of fused-ring (bicyclic) bond motifs is 3. The summed E-state index contributed by atoms with van der Waals surface area (Å²) in [7, 11) is 0. The van der Waals surface area contributed by atoms with Crippen LogP contribution in [-0.4, -0.2) is 11.6 Å². The van der Waals surface area contributed by atoms with Gasteiger partial charge in [0.25, 0.3) is 0 Å². The summed E-state index contributed by atoms with van der Waals surface area (Å²) in [5.74, 6) is 0.421. The second kappa shape index (κ2) is 6.69. The van der Waals surface area contributed by atoms with Crippen molar-refractivity contribution in [3.05, 3.63) is 87.1 Å². The summed E-state index contributed by atoms with van der Waals surface area (Å²) >= 11 is 13.5. The lowest BCUT2D eigenvalue weighted by Crippen LogP contribution is -1.99.